The molecule has 7 nitrogen and oxygen atoms in total. The van der Waals surface area contributed by atoms with Crippen molar-refractivity contribution in [1.82, 2.24) is 3.96 Å². The third-order valence-electron chi connectivity index (χ3n) is 5.98. The van der Waals surface area contributed by atoms with Crippen LogP contribution in [0.2, 0.25) is 0 Å². The maximum Gasteiger partial charge on any atom is 0.300 e. The second-order valence-corrected chi connectivity index (χ2v) is 9.38. The van der Waals surface area contributed by atoms with Crippen molar-refractivity contribution in [2.45, 2.75) is 19.4 Å². The summed E-state index contributed by atoms with van der Waals surface area (Å²) in [5.74, 6) is 0.709. The van der Waals surface area contributed by atoms with Crippen LogP contribution in [0.1, 0.15) is 29.1 Å². The number of anilines is 1. The fourth-order valence-electron chi connectivity index (χ4n) is 4.43. The lowest BCUT2D eigenvalue weighted by molar-refractivity contribution is -0.115. The molecule has 0 fully saturated rings. The van der Waals surface area contributed by atoms with Gasteiger partial charge in [-0.25, -0.2) is 0 Å². The van der Waals surface area contributed by atoms with Gasteiger partial charge in [-0.2, -0.15) is 0 Å². The first-order valence-electron chi connectivity index (χ1n) is 9.85. The number of nitrogens with zero attached hydrogens (tertiary/aromatic N) is 2. The second-order valence-electron chi connectivity index (χ2n) is 8.03. The monoisotopic (exact) mass is 468 g/mol. The molecule has 2 aromatic carbocycles. The van der Waals surface area contributed by atoms with Gasteiger partial charge in [0, 0.05) is 17.2 Å². The van der Waals surface area contributed by atoms with E-state index in [9.17, 15) is 9.59 Å². The molecule has 3 heterocycles. The number of rotatable bonds is 4. The zero-order valence-electron chi connectivity index (χ0n) is 18.1. The molecule has 0 bridgehead atoms. The minimum absolute atomic E-state index is 0.345. The minimum Gasteiger partial charge on any atom is -0.497 e. The highest BCUT2D eigenvalue weighted by Gasteiger charge is 2.51. The van der Waals surface area contributed by atoms with Crippen LogP contribution in [-0.4, -0.2) is 37.0 Å². The van der Waals surface area contributed by atoms with Crippen LogP contribution in [0.4, 0.5) is 5.69 Å². The predicted molar refractivity (Wildman–Crippen MR) is 124 cm³/mol. The normalized spacial score (nSPS) is 15.5. The molecule has 0 aliphatic carbocycles. The van der Waals surface area contributed by atoms with Crippen molar-refractivity contribution in [1.29, 1.82) is 0 Å². The van der Waals surface area contributed by atoms with Crippen LogP contribution < -0.4 is 19.1 Å². The Kier molecular flexibility index (Phi) is 4.48. The third kappa shape index (κ3) is 2.55. The topological polar surface area (TPSA) is 70.0 Å². The summed E-state index contributed by atoms with van der Waals surface area (Å²) < 4.78 is 18.8. The van der Waals surface area contributed by atoms with E-state index in [1.165, 1.54) is 18.6 Å². The van der Waals surface area contributed by atoms with Gasteiger partial charge in [-0.05, 0) is 38.1 Å². The van der Waals surface area contributed by atoms with Crippen LogP contribution in [0.15, 0.2) is 30.3 Å². The fraction of sp³-hybridized carbons (Fsp3) is 0.261. The van der Waals surface area contributed by atoms with E-state index in [4.69, 9.17) is 26.4 Å². The van der Waals surface area contributed by atoms with E-state index >= 15 is 0 Å². The second kappa shape index (κ2) is 6.91. The lowest BCUT2D eigenvalue weighted by Gasteiger charge is -2.39. The molecule has 0 radical (unpaired) electrons. The van der Waals surface area contributed by atoms with Crippen molar-refractivity contribution in [3.63, 3.8) is 0 Å². The number of aromatic nitrogens is 1. The SMILES string of the molecule is COc1ccc(-n2sc3c(c2=S)-c2cc(OC)cc4c2N(C(=O)C4=O)C3(C)C)c(OC)c1. The molecule has 3 aromatic rings. The average Bonchev–Trinajstić information content (AvgIpc) is 3.27. The maximum atomic E-state index is 13.0. The largest absolute Gasteiger partial charge is 0.497 e. The fourth-order valence-corrected chi connectivity index (χ4v) is 6.13. The predicted octanol–water partition coefficient (Wildman–Crippen LogP) is 4.74. The summed E-state index contributed by atoms with van der Waals surface area (Å²) in [5.41, 5.74) is 2.48. The Labute approximate surface area is 193 Å². The van der Waals surface area contributed by atoms with Crippen molar-refractivity contribution in [2.75, 3.05) is 26.2 Å². The molecule has 164 valence electrons. The molecule has 1 amide bonds. The van der Waals surface area contributed by atoms with Gasteiger partial charge in [0.1, 0.15) is 21.9 Å². The van der Waals surface area contributed by atoms with Crippen LogP contribution in [0.3, 0.4) is 0 Å². The molecule has 9 heteroatoms. The highest BCUT2D eigenvalue weighted by molar-refractivity contribution is 7.71. The van der Waals surface area contributed by atoms with Crippen molar-refractivity contribution in [2.24, 2.45) is 0 Å². The van der Waals surface area contributed by atoms with Gasteiger partial charge in [0.15, 0.2) is 0 Å². The third-order valence-corrected chi connectivity index (χ3v) is 7.93. The number of amides is 1. The Balaban J connectivity index is 1.85. The Bertz CT molecular complexity index is 1390. The standard InChI is InChI=1S/C23H20N2O5S2/c1-23(2)20-17(13-8-12(29-4)9-14-18(13)24(23)21(27)19(14)26)22(31)25(32-20)15-7-6-11(28-3)10-16(15)30-5/h6-10H,1-5H3. The molecule has 1 aromatic heterocycles. The van der Waals surface area contributed by atoms with Crippen molar-refractivity contribution in [3.8, 4) is 34.1 Å². The molecule has 0 atom stereocenters. The number of hydrogen-bond acceptors (Lipinski definition) is 7. The van der Waals surface area contributed by atoms with E-state index in [-0.39, 0.29) is 0 Å². The summed E-state index contributed by atoms with van der Waals surface area (Å²) in [4.78, 5) is 28.3. The summed E-state index contributed by atoms with van der Waals surface area (Å²) in [6, 6.07) is 8.99. The highest BCUT2D eigenvalue weighted by atomic mass is 32.1. The van der Waals surface area contributed by atoms with Crippen LogP contribution in [-0.2, 0) is 10.3 Å². The lowest BCUT2D eigenvalue weighted by Crippen LogP contribution is -2.46. The molecule has 5 rings (SSSR count). The van der Waals surface area contributed by atoms with E-state index in [1.54, 1.807) is 31.3 Å². The number of ketones is 1. The average molecular weight is 469 g/mol. The first-order chi connectivity index (χ1) is 15.2. The lowest BCUT2D eigenvalue weighted by atomic mass is 9.87. The molecule has 0 unspecified atom stereocenters. The Hall–Kier alpha value is -3.17. The number of benzene rings is 2. The van der Waals surface area contributed by atoms with Crippen molar-refractivity contribution in [3.05, 3.63) is 45.4 Å². The number of carbonyl (C=O) groups is 2. The zero-order chi connectivity index (χ0) is 22.9. The van der Waals surface area contributed by atoms with E-state index in [0.717, 1.165) is 21.7 Å². The summed E-state index contributed by atoms with van der Waals surface area (Å²) in [5, 5.41) is 0. The Morgan fingerprint density at radius 2 is 1.62 bits per heavy atom. The molecular formula is C23H20N2O5S2. The van der Waals surface area contributed by atoms with E-state index < -0.39 is 17.2 Å². The van der Waals surface area contributed by atoms with Gasteiger partial charge in [-0.3, -0.25) is 18.4 Å². The first kappa shape index (κ1) is 20.7. The highest BCUT2D eigenvalue weighted by Crippen LogP contribution is 2.55. The van der Waals surface area contributed by atoms with Gasteiger partial charge in [0.25, 0.3) is 11.7 Å². The van der Waals surface area contributed by atoms with Crippen LogP contribution in [0.5, 0.6) is 17.2 Å². The van der Waals surface area contributed by atoms with Gasteiger partial charge >= 0.3 is 0 Å². The zero-order valence-corrected chi connectivity index (χ0v) is 19.8. The number of fused-ring (bicyclic) bond motifs is 2. The van der Waals surface area contributed by atoms with E-state index in [2.05, 4.69) is 0 Å². The summed E-state index contributed by atoms with van der Waals surface area (Å²) in [6.07, 6.45) is 0. The van der Waals surface area contributed by atoms with Gasteiger partial charge in [0.05, 0.1) is 48.7 Å². The molecule has 0 N–H and O–H groups in total. The number of carbonyl (C=O) groups excluding carboxylic acids is 2. The smallest absolute Gasteiger partial charge is 0.300 e. The molecule has 0 spiro atoms. The van der Waals surface area contributed by atoms with E-state index in [0.29, 0.717) is 33.1 Å². The summed E-state index contributed by atoms with van der Waals surface area (Å²) in [7, 11) is 4.72. The number of hydrogen-bond donors (Lipinski definition) is 0. The van der Waals surface area contributed by atoms with Crippen molar-refractivity contribution >= 4 is 41.1 Å². The summed E-state index contributed by atoms with van der Waals surface area (Å²) in [6.45, 7) is 3.86. The van der Waals surface area contributed by atoms with Gasteiger partial charge in [0.2, 0.25) is 0 Å². The van der Waals surface area contributed by atoms with E-state index in [1.807, 2.05) is 36.0 Å². The first-order valence-corrected chi connectivity index (χ1v) is 11.0. The molecular weight excluding hydrogens is 448 g/mol. The molecule has 2 aliphatic heterocycles. The Morgan fingerprint density at radius 3 is 2.28 bits per heavy atom. The van der Waals surface area contributed by atoms with Crippen LogP contribution in [0.25, 0.3) is 16.8 Å². The number of Topliss-reactive ketones (excluding diaryl/α,β-unsaturated/α-hetero) is 1. The molecule has 0 saturated heterocycles. The molecule has 32 heavy (non-hydrogen) atoms. The minimum atomic E-state index is -0.766. The number of methoxy groups -OCH3 is 3. The van der Waals surface area contributed by atoms with Crippen LogP contribution >= 0.6 is 23.8 Å². The maximum absolute atomic E-state index is 13.0. The van der Waals surface area contributed by atoms with Gasteiger partial charge in [-0.1, -0.05) is 23.8 Å². The summed E-state index contributed by atoms with van der Waals surface area (Å²) >= 11 is 7.37. The Morgan fingerprint density at radius 1 is 0.938 bits per heavy atom. The van der Waals surface area contributed by atoms with Crippen molar-refractivity contribution < 1.29 is 23.8 Å². The quantitative estimate of drug-likeness (QED) is 0.407. The van der Waals surface area contributed by atoms with Gasteiger partial charge in [-0.15, -0.1) is 0 Å². The van der Waals surface area contributed by atoms with Crippen LogP contribution in [0, 0.1) is 4.64 Å². The van der Waals surface area contributed by atoms with Gasteiger partial charge < -0.3 is 14.2 Å². The molecule has 0 saturated carbocycles. The number of ether oxygens (including phenoxy) is 3. The molecule has 2 aliphatic rings.